The molecule has 104 valence electrons. The maximum atomic E-state index is 12.0. The lowest BCUT2D eigenvalue weighted by Gasteiger charge is -2.17. The third-order valence-electron chi connectivity index (χ3n) is 2.38. The molecule has 0 aliphatic heterocycles. The van der Waals surface area contributed by atoms with Gasteiger partial charge in [0.1, 0.15) is 6.61 Å². The van der Waals surface area contributed by atoms with Crippen LogP contribution in [0.2, 0.25) is 0 Å². The molecule has 7 heteroatoms. The van der Waals surface area contributed by atoms with Gasteiger partial charge in [-0.2, -0.15) is 0 Å². The Hall–Kier alpha value is -2.44. The standard InChI is InChI=1S/C12H18N4O3/c1-16(2)10-4-3-8(13)7-9(10)11(17)15-5-6-19-12(14)18/h3-4,7H,5-6,13H2,1-2H3,(H2,14,18)(H,15,17). The quantitative estimate of drug-likeness (QED) is 0.519. The molecule has 5 N–H and O–H groups in total. The lowest BCUT2D eigenvalue weighted by molar-refractivity contribution is 0.0937. The van der Waals surface area contributed by atoms with Crippen molar-refractivity contribution in [2.45, 2.75) is 0 Å². The Morgan fingerprint density at radius 3 is 2.63 bits per heavy atom. The predicted molar refractivity (Wildman–Crippen MR) is 73.1 cm³/mol. The van der Waals surface area contributed by atoms with Crippen LogP contribution < -0.4 is 21.7 Å². The highest BCUT2D eigenvalue weighted by Gasteiger charge is 2.13. The molecule has 1 aromatic rings. The van der Waals surface area contributed by atoms with Crippen LogP contribution in [0.25, 0.3) is 0 Å². The van der Waals surface area contributed by atoms with Crippen molar-refractivity contribution < 1.29 is 14.3 Å². The highest BCUT2D eigenvalue weighted by molar-refractivity contribution is 6.00. The van der Waals surface area contributed by atoms with E-state index in [1.165, 1.54) is 0 Å². The molecule has 19 heavy (non-hydrogen) atoms. The van der Waals surface area contributed by atoms with Crippen molar-refractivity contribution in [3.8, 4) is 0 Å². The van der Waals surface area contributed by atoms with Crippen molar-refractivity contribution >= 4 is 23.4 Å². The van der Waals surface area contributed by atoms with Crippen molar-refractivity contribution in [1.82, 2.24) is 5.32 Å². The third-order valence-corrected chi connectivity index (χ3v) is 2.38. The Morgan fingerprint density at radius 1 is 1.37 bits per heavy atom. The number of carbonyl (C=O) groups is 2. The molecule has 1 rings (SSSR count). The van der Waals surface area contributed by atoms with Gasteiger partial charge in [-0.25, -0.2) is 4.79 Å². The topological polar surface area (TPSA) is 111 Å². The molecule has 0 atom stereocenters. The number of hydrogen-bond acceptors (Lipinski definition) is 5. The van der Waals surface area contributed by atoms with E-state index in [0.29, 0.717) is 11.3 Å². The van der Waals surface area contributed by atoms with Gasteiger partial charge < -0.3 is 26.4 Å². The molecule has 0 aliphatic rings. The molecule has 0 aromatic heterocycles. The van der Waals surface area contributed by atoms with E-state index in [9.17, 15) is 9.59 Å². The molecule has 0 spiro atoms. The normalized spacial score (nSPS) is 9.79. The van der Waals surface area contributed by atoms with Gasteiger partial charge in [-0.05, 0) is 18.2 Å². The van der Waals surface area contributed by atoms with E-state index in [1.807, 2.05) is 19.0 Å². The number of nitrogens with zero attached hydrogens (tertiary/aromatic N) is 1. The minimum absolute atomic E-state index is 0.0285. The first-order chi connectivity index (χ1) is 8.91. The first-order valence-electron chi connectivity index (χ1n) is 5.69. The molecule has 0 saturated heterocycles. The summed E-state index contributed by atoms with van der Waals surface area (Å²) in [5.74, 6) is -0.288. The van der Waals surface area contributed by atoms with Gasteiger partial charge in [0.2, 0.25) is 0 Å². The molecule has 1 aromatic carbocycles. The summed E-state index contributed by atoms with van der Waals surface area (Å²) in [6, 6.07) is 5.09. The molecule has 7 nitrogen and oxygen atoms in total. The fourth-order valence-corrected chi connectivity index (χ4v) is 1.54. The number of carbonyl (C=O) groups excluding carboxylic acids is 2. The summed E-state index contributed by atoms with van der Waals surface area (Å²) in [7, 11) is 3.66. The number of nitrogen functional groups attached to an aromatic ring is 1. The van der Waals surface area contributed by atoms with Crippen LogP contribution in [-0.4, -0.2) is 39.2 Å². The van der Waals surface area contributed by atoms with Gasteiger partial charge in [-0.1, -0.05) is 0 Å². The van der Waals surface area contributed by atoms with E-state index in [0.717, 1.165) is 5.69 Å². The monoisotopic (exact) mass is 266 g/mol. The van der Waals surface area contributed by atoms with Crippen molar-refractivity contribution in [2.24, 2.45) is 5.73 Å². The van der Waals surface area contributed by atoms with Gasteiger partial charge in [0.05, 0.1) is 12.1 Å². The molecule has 2 amide bonds. The number of primary amides is 1. The van der Waals surface area contributed by atoms with Crippen molar-refractivity contribution in [3.63, 3.8) is 0 Å². The molecule has 0 radical (unpaired) electrons. The number of hydrogen-bond donors (Lipinski definition) is 3. The summed E-state index contributed by atoms with van der Waals surface area (Å²) in [5, 5.41) is 2.62. The Bertz CT molecular complexity index is 474. The second kappa shape index (κ2) is 6.48. The number of benzene rings is 1. The maximum Gasteiger partial charge on any atom is 0.404 e. The van der Waals surface area contributed by atoms with E-state index in [2.05, 4.69) is 10.1 Å². The molecule has 0 aliphatic carbocycles. The number of anilines is 2. The minimum Gasteiger partial charge on any atom is -0.448 e. The Morgan fingerprint density at radius 2 is 2.05 bits per heavy atom. The molecular formula is C12H18N4O3. The highest BCUT2D eigenvalue weighted by Crippen LogP contribution is 2.21. The van der Waals surface area contributed by atoms with Gasteiger partial charge in [-0.15, -0.1) is 0 Å². The molecule has 0 unspecified atom stereocenters. The molecular weight excluding hydrogens is 248 g/mol. The van der Waals surface area contributed by atoms with Crippen LogP contribution in [0.1, 0.15) is 10.4 Å². The number of rotatable bonds is 5. The predicted octanol–water partition coefficient (Wildman–Crippen LogP) is 0.160. The average Bonchev–Trinajstić information content (AvgIpc) is 2.33. The van der Waals surface area contributed by atoms with Crippen LogP contribution in [0.4, 0.5) is 16.2 Å². The van der Waals surface area contributed by atoms with E-state index in [1.54, 1.807) is 18.2 Å². The minimum atomic E-state index is -0.868. The summed E-state index contributed by atoms with van der Waals surface area (Å²) in [6.45, 7) is 0.212. The summed E-state index contributed by atoms with van der Waals surface area (Å²) in [6.07, 6.45) is -0.868. The highest BCUT2D eigenvalue weighted by atomic mass is 16.5. The number of ether oxygens (including phenoxy) is 1. The second-order valence-electron chi connectivity index (χ2n) is 4.09. The number of amides is 2. The lowest BCUT2D eigenvalue weighted by Crippen LogP contribution is -2.30. The largest absolute Gasteiger partial charge is 0.448 e. The van der Waals surface area contributed by atoms with E-state index >= 15 is 0 Å². The fourth-order valence-electron chi connectivity index (χ4n) is 1.54. The van der Waals surface area contributed by atoms with Crippen molar-refractivity contribution in [1.29, 1.82) is 0 Å². The van der Waals surface area contributed by atoms with Crippen molar-refractivity contribution in [3.05, 3.63) is 23.8 Å². The smallest absolute Gasteiger partial charge is 0.404 e. The number of nitrogens with one attached hydrogen (secondary N) is 1. The van der Waals surface area contributed by atoms with Crippen LogP contribution in [0.3, 0.4) is 0 Å². The van der Waals surface area contributed by atoms with E-state index in [-0.39, 0.29) is 19.1 Å². The average molecular weight is 266 g/mol. The second-order valence-corrected chi connectivity index (χ2v) is 4.09. The zero-order valence-corrected chi connectivity index (χ0v) is 11.0. The zero-order chi connectivity index (χ0) is 14.4. The summed E-state index contributed by atoms with van der Waals surface area (Å²) in [5.41, 5.74) is 12.2. The first kappa shape index (κ1) is 14.6. The molecule has 0 fully saturated rings. The SMILES string of the molecule is CN(C)c1ccc(N)cc1C(=O)NCCOC(N)=O. The summed E-state index contributed by atoms with van der Waals surface area (Å²) >= 11 is 0. The number of nitrogens with two attached hydrogens (primary N) is 2. The van der Waals surface area contributed by atoms with Gasteiger partial charge in [0.15, 0.2) is 0 Å². The summed E-state index contributed by atoms with van der Waals surface area (Å²) < 4.78 is 4.52. The first-order valence-corrected chi connectivity index (χ1v) is 5.69. The van der Waals surface area contributed by atoms with Gasteiger partial charge in [-0.3, -0.25) is 4.79 Å². The van der Waals surface area contributed by atoms with Gasteiger partial charge >= 0.3 is 6.09 Å². The Kier molecular flexibility index (Phi) is 4.99. The van der Waals surface area contributed by atoms with Crippen molar-refractivity contribution in [2.75, 3.05) is 37.9 Å². The molecule has 0 saturated carbocycles. The third kappa shape index (κ3) is 4.38. The molecule has 0 heterocycles. The van der Waals surface area contributed by atoms with Gasteiger partial charge in [0, 0.05) is 25.5 Å². The van der Waals surface area contributed by atoms with Crippen LogP contribution in [0, 0.1) is 0 Å². The van der Waals surface area contributed by atoms with E-state index < -0.39 is 6.09 Å². The Balaban J connectivity index is 2.70. The van der Waals surface area contributed by atoms with E-state index in [4.69, 9.17) is 11.5 Å². The Labute approximate surface area is 111 Å². The van der Waals surface area contributed by atoms with Crippen LogP contribution >= 0.6 is 0 Å². The van der Waals surface area contributed by atoms with Gasteiger partial charge in [0.25, 0.3) is 5.91 Å². The lowest BCUT2D eigenvalue weighted by atomic mass is 10.1. The van der Waals surface area contributed by atoms with Crippen LogP contribution in [0.15, 0.2) is 18.2 Å². The fraction of sp³-hybridized carbons (Fsp3) is 0.333. The zero-order valence-electron chi connectivity index (χ0n) is 11.0. The maximum absolute atomic E-state index is 12.0. The molecule has 0 bridgehead atoms. The summed E-state index contributed by atoms with van der Waals surface area (Å²) in [4.78, 5) is 24.2. The van der Waals surface area contributed by atoms with Crippen LogP contribution in [-0.2, 0) is 4.74 Å². The van der Waals surface area contributed by atoms with Crippen LogP contribution in [0.5, 0.6) is 0 Å².